The van der Waals surface area contributed by atoms with Crippen LogP contribution in [0.15, 0.2) is 0 Å². The van der Waals surface area contributed by atoms with Gasteiger partial charge in [0.25, 0.3) is 0 Å². The number of alkyl halides is 1. The van der Waals surface area contributed by atoms with Crippen molar-refractivity contribution in [2.45, 2.75) is 50.9 Å². The zero-order valence-electron chi connectivity index (χ0n) is 12.3. The Morgan fingerprint density at radius 1 is 1.32 bits per heavy atom. The summed E-state index contributed by atoms with van der Waals surface area (Å²) >= 11 is 2.97. The monoisotopic (exact) mass is 374 g/mol. The number of carbonyl (C=O) groups excluding carboxylic acids is 3. The predicted molar refractivity (Wildman–Crippen MR) is 78.0 cm³/mol. The third-order valence-electron chi connectivity index (χ3n) is 4.84. The van der Waals surface area contributed by atoms with Crippen molar-refractivity contribution in [3.8, 4) is 0 Å². The Morgan fingerprint density at radius 3 is 2.82 bits per heavy atom. The van der Waals surface area contributed by atoms with Crippen LogP contribution < -0.4 is 0 Å². The van der Waals surface area contributed by atoms with Crippen LogP contribution in [0.4, 0.5) is 0 Å². The number of esters is 3. The Morgan fingerprint density at radius 2 is 2.09 bits per heavy atom. The van der Waals surface area contributed by atoms with Crippen molar-refractivity contribution in [2.24, 2.45) is 17.8 Å². The van der Waals surface area contributed by atoms with Gasteiger partial charge in [0.2, 0.25) is 0 Å². The molecule has 6 nitrogen and oxygen atoms in total. The summed E-state index contributed by atoms with van der Waals surface area (Å²) in [5, 5.41) is 0.0280. The summed E-state index contributed by atoms with van der Waals surface area (Å²) in [5.41, 5.74) is 0. The molecular formula is C15H19BrO6. The van der Waals surface area contributed by atoms with E-state index in [0.29, 0.717) is 5.92 Å². The van der Waals surface area contributed by atoms with Gasteiger partial charge in [-0.3, -0.25) is 9.59 Å². The van der Waals surface area contributed by atoms with Crippen LogP contribution in [-0.2, 0) is 28.6 Å². The maximum Gasteiger partial charge on any atom is 0.347 e. The second-order valence-corrected chi connectivity index (χ2v) is 6.97. The quantitative estimate of drug-likeness (QED) is 0.422. The molecule has 2 saturated heterocycles. The summed E-state index contributed by atoms with van der Waals surface area (Å²) in [5.74, 6) is -0.660. The highest BCUT2D eigenvalue weighted by atomic mass is 79.9. The van der Waals surface area contributed by atoms with Crippen LogP contribution >= 0.6 is 15.9 Å². The molecule has 0 aromatic carbocycles. The molecule has 122 valence electrons. The fourth-order valence-corrected chi connectivity index (χ4v) is 4.08. The van der Waals surface area contributed by atoms with Gasteiger partial charge in [-0.15, -0.1) is 0 Å². The fourth-order valence-electron chi connectivity index (χ4n) is 3.94. The first-order valence-corrected chi connectivity index (χ1v) is 8.76. The highest BCUT2D eigenvalue weighted by molar-refractivity contribution is 9.09. The van der Waals surface area contributed by atoms with Crippen molar-refractivity contribution in [2.75, 3.05) is 5.33 Å². The van der Waals surface area contributed by atoms with E-state index in [9.17, 15) is 14.4 Å². The minimum atomic E-state index is -0.959. The first-order chi connectivity index (χ1) is 10.5. The van der Waals surface area contributed by atoms with E-state index in [1.807, 2.05) is 0 Å². The van der Waals surface area contributed by atoms with Gasteiger partial charge in [-0.2, -0.15) is 0 Å². The summed E-state index contributed by atoms with van der Waals surface area (Å²) in [6.45, 7) is 1.48. The minimum Gasteiger partial charge on any atom is -0.458 e. The number of hydrogen-bond donors (Lipinski definition) is 0. The summed E-state index contributed by atoms with van der Waals surface area (Å²) in [6, 6.07) is 0. The van der Waals surface area contributed by atoms with E-state index in [-0.39, 0.29) is 29.2 Å². The van der Waals surface area contributed by atoms with E-state index in [1.165, 1.54) is 6.92 Å². The van der Waals surface area contributed by atoms with E-state index in [1.54, 1.807) is 0 Å². The Hall–Kier alpha value is -1.11. The van der Waals surface area contributed by atoms with E-state index >= 15 is 0 Å². The molecule has 6 unspecified atom stereocenters. The number of halogens is 1. The van der Waals surface area contributed by atoms with Gasteiger partial charge in [0.1, 0.15) is 17.5 Å². The summed E-state index contributed by atoms with van der Waals surface area (Å²) in [6.07, 6.45) is 1.61. The topological polar surface area (TPSA) is 78.9 Å². The molecular weight excluding hydrogens is 356 g/mol. The third kappa shape index (κ3) is 3.00. The average Bonchev–Trinajstić information content (AvgIpc) is 2.64. The average molecular weight is 375 g/mol. The fraction of sp³-hybridized carbons (Fsp3) is 0.800. The van der Waals surface area contributed by atoms with Crippen molar-refractivity contribution >= 4 is 33.8 Å². The maximum atomic E-state index is 12.1. The zero-order valence-corrected chi connectivity index (χ0v) is 13.9. The van der Waals surface area contributed by atoms with Crippen LogP contribution in [0, 0.1) is 17.8 Å². The molecule has 2 saturated carbocycles. The Kier molecular flexibility index (Phi) is 4.43. The molecule has 0 aromatic heterocycles. The van der Waals surface area contributed by atoms with E-state index in [0.717, 1.165) is 25.7 Å². The van der Waals surface area contributed by atoms with Crippen molar-refractivity contribution in [3.63, 3.8) is 0 Å². The van der Waals surface area contributed by atoms with Crippen LogP contribution in [0.2, 0.25) is 0 Å². The lowest BCUT2D eigenvalue weighted by Crippen LogP contribution is -2.46. The van der Waals surface area contributed by atoms with E-state index in [4.69, 9.17) is 14.2 Å². The molecule has 2 aliphatic carbocycles. The minimum absolute atomic E-state index is 0.0280. The van der Waals surface area contributed by atoms with Crippen molar-refractivity contribution in [1.82, 2.24) is 0 Å². The maximum absolute atomic E-state index is 12.1. The van der Waals surface area contributed by atoms with Crippen LogP contribution in [0.5, 0.6) is 0 Å². The van der Waals surface area contributed by atoms with Crippen LogP contribution in [0.25, 0.3) is 0 Å². The van der Waals surface area contributed by atoms with Gasteiger partial charge in [-0.25, -0.2) is 4.79 Å². The van der Waals surface area contributed by atoms with Gasteiger partial charge in [-0.05, 0) is 38.5 Å². The lowest BCUT2D eigenvalue weighted by molar-refractivity contribution is -0.183. The molecule has 4 fully saturated rings. The van der Waals surface area contributed by atoms with Crippen molar-refractivity contribution in [1.29, 1.82) is 0 Å². The third-order valence-corrected chi connectivity index (χ3v) is 5.30. The zero-order chi connectivity index (χ0) is 15.9. The standard InChI is InChI=1S/C15H19BrO6/c1-7(20-12(17)6-16)14(18)22-13-9-2-8-3-10(5-9)15(19)21-11(13)4-8/h7-11,13H,2-6H2,1H3. The first-order valence-electron chi connectivity index (χ1n) is 7.64. The summed E-state index contributed by atoms with van der Waals surface area (Å²) < 4.78 is 16.0. The number of carbonyl (C=O) groups is 3. The van der Waals surface area contributed by atoms with Crippen molar-refractivity contribution < 1.29 is 28.6 Å². The van der Waals surface area contributed by atoms with Crippen LogP contribution in [-0.4, -0.2) is 41.5 Å². The SMILES string of the molecule is CC(OC(=O)CBr)C(=O)OC1C2CC3CC(C2)C(=O)OC1C3. The second-order valence-electron chi connectivity index (χ2n) is 6.41. The molecule has 22 heavy (non-hydrogen) atoms. The van der Waals surface area contributed by atoms with Crippen molar-refractivity contribution in [3.05, 3.63) is 0 Å². The molecule has 2 heterocycles. The van der Waals surface area contributed by atoms with E-state index in [2.05, 4.69) is 15.9 Å². The molecule has 4 rings (SSSR count). The van der Waals surface area contributed by atoms with Gasteiger partial charge in [0.05, 0.1) is 5.92 Å². The number of ether oxygens (including phenoxy) is 3. The molecule has 0 radical (unpaired) electrons. The lowest BCUT2D eigenvalue weighted by atomic mass is 9.67. The Bertz CT molecular complexity index is 492. The van der Waals surface area contributed by atoms with Crippen LogP contribution in [0.3, 0.4) is 0 Å². The highest BCUT2D eigenvalue weighted by Crippen LogP contribution is 2.48. The molecule has 4 aliphatic rings. The van der Waals surface area contributed by atoms with Gasteiger partial charge in [-0.1, -0.05) is 15.9 Å². The highest BCUT2D eigenvalue weighted by Gasteiger charge is 2.51. The van der Waals surface area contributed by atoms with E-state index < -0.39 is 24.1 Å². The summed E-state index contributed by atoms with van der Waals surface area (Å²) in [7, 11) is 0. The Balaban J connectivity index is 1.66. The smallest absolute Gasteiger partial charge is 0.347 e. The Labute approximate surface area is 137 Å². The first kappa shape index (κ1) is 15.8. The van der Waals surface area contributed by atoms with Crippen LogP contribution in [0.1, 0.15) is 32.6 Å². The predicted octanol–water partition coefficient (Wildman–Crippen LogP) is 1.59. The molecule has 4 bridgehead atoms. The summed E-state index contributed by atoms with van der Waals surface area (Å²) in [4.78, 5) is 35.3. The molecule has 7 heteroatoms. The van der Waals surface area contributed by atoms with Gasteiger partial charge in [0, 0.05) is 5.92 Å². The normalized spacial score (nSPS) is 37.2. The second kappa shape index (κ2) is 6.18. The molecule has 2 aliphatic heterocycles. The molecule has 6 atom stereocenters. The number of rotatable bonds is 4. The lowest BCUT2D eigenvalue weighted by Gasteiger charge is -2.41. The van der Waals surface area contributed by atoms with Gasteiger partial charge in [0.15, 0.2) is 6.10 Å². The molecule has 0 spiro atoms. The molecule has 0 amide bonds. The largest absolute Gasteiger partial charge is 0.458 e. The molecule has 0 N–H and O–H groups in total. The van der Waals surface area contributed by atoms with Gasteiger partial charge >= 0.3 is 17.9 Å². The number of fused-ring (bicyclic) bond motifs is 1. The number of hydrogen-bond acceptors (Lipinski definition) is 6. The molecule has 0 aromatic rings. The van der Waals surface area contributed by atoms with Gasteiger partial charge < -0.3 is 14.2 Å².